The van der Waals surface area contributed by atoms with Gasteiger partial charge < -0.3 is 10.6 Å². The average molecular weight is 412 g/mol. The number of urea groups is 1. The Morgan fingerprint density at radius 1 is 1.21 bits per heavy atom. The van der Waals surface area contributed by atoms with Crippen LogP contribution in [0.15, 0.2) is 43.0 Å². The van der Waals surface area contributed by atoms with Crippen LogP contribution < -0.4 is 10.6 Å². The SMILES string of the molecule is CC(NC(=O)Nc1ccc(C(F)(F)F)c(Cl)c1)c1ncnn1-c1ncccn1. The molecule has 0 aliphatic carbocycles. The third kappa shape index (κ3) is 4.36. The van der Waals surface area contributed by atoms with Gasteiger partial charge in [0.1, 0.15) is 6.33 Å². The summed E-state index contributed by atoms with van der Waals surface area (Å²) >= 11 is 5.65. The molecule has 146 valence electrons. The van der Waals surface area contributed by atoms with Crippen molar-refractivity contribution in [2.75, 3.05) is 5.32 Å². The van der Waals surface area contributed by atoms with Crippen LogP contribution in [0, 0.1) is 0 Å². The zero-order chi connectivity index (χ0) is 20.3. The molecule has 2 heterocycles. The fraction of sp³-hybridized carbons (Fsp3) is 0.188. The maximum atomic E-state index is 12.7. The summed E-state index contributed by atoms with van der Waals surface area (Å²) in [5.74, 6) is 0.644. The molecule has 0 radical (unpaired) electrons. The first kappa shape index (κ1) is 19.5. The lowest BCUT2D eigenvalue weighted by molar-refractivity contribution is -0.137. The largest absolute Gasteiger partial charge is 0.417 e. The fourth-order valence-corrected chi connectivity index (χ4v) is 2.64. The second kappa shape index (κ2) is 7.80. The van der Waals surface area contributed by atoms with Crippen molar-refractivity contribution in [1.29, 1.82) is 0 Å². The van der Waals surface area contributed by atoms with Gasteiger partial charge in [-0.15, -0.1) is 0 Å². The van der Waals surface area contributed by atoms with Crippen molar-refractivity contribution in [1.82, 2.24) is 30.0 Å². The van der Waals surface area contributed by atoms with Gasteiger partial charge in [-0.25, -0.2) is 19.7 Å². The summed E-state index contributed by atoms with van der Waals surface area (Å²) in [5, 5.41) is 8.55. The third-order valence-electron chi connectivity index (χ3n) is 3.58. The minimum atomic E-state index is -4.57. The number of alkyl halides is 3. The molecule has 0 aliphatic rings. The molecular formula is C16H13ClF3N7O. The minimum absolute atomic E-state index is 0.107. The minimum Gasteiger partial charge on any atom is -0.328 e. The Labute approximate surface area is 161 Å². The summed E-state index contributed by atoms with van der Waals surface area (Å²) in [5.41, 5.74) is -0.875. The van der Waals surface area contributed by atoms with Crippen LogP contribution in [0.4, 0.5) is 23.7 Å². The van der Waals surface area contributed by atoms with Gasteiger partial charge in [0.05, 0.1) is 16.6 Å². The number of carbonyl (C=O) groups is 1. The molecule has 28 heavy (non-hydrogen) atoms. The van der Waals surface area contributed by atoms with Gasteiger partial charge in [-0.2, -0.15) is 23.0 Å². The Morgan fingerprint density at radius 2 is 1.93 bits per heavy atom. The average Bonchev–Trinajstić information content (AvgIpc) is 3.11. The highest BCUT2D eigenvalue weighted by Gasteiger charge is 2.33. The van der Waals surface area contributed by atoms with Crippen molar-refractivity contribution < 1.29 is 18.0 Å². The van der Waals surface area contributed by atoms with Gasteiger partial charge in [0.15, 0.2) is 5.82 Å². The molecule has 0 saturated carbocycles. The number of rotatable bonds is 4. The van der Waals surface area contributed by atoms with Crippen molar-refractivity contribution in [3.8, 4) is 5.95 Å². The molecule has 0 saturated heterocycles. The van der Waals surface area contributed by atoms with E-state index in [0.717, 1.165) is 18.2 Å². The quantitative estimate of drug-likeness (QED) is 0.683. The van der Waals surface area contributed by atoms with Gasteiger partial charge >= 0.3 is 12.2 Å². The zero-order valence-corrected chi connectivity index (χ0v) is 15.0. The molecule has 2 aromatic heterocycles. The van der Waals surface area contributed by atoms with Gasteiger partial charge in [0.25, 0.3) is 5.95 Å². The van der Waals surface area contributed by atoms with Crippen LogP contribution >= 0.6 is 11.6 Å². The van der Waals surface area contributed by atoms with Crippen molar-refractivity contribution in [2.45, 2.75) is 19.1 Å². The van der Waals surface area contributed by atoms with E-state index in [1.165, 1.54) is 23.4 Å². The first-order valence-electron chi connectivity index (χ1n) is 7.87. The molecule has 0 bridgehead atoms. The summed E-state index contributed by atoms with van der Waals surface area (Å²) in [6.45, 7) is 1.66. The lowest BCUT2D eigenvalue weighted by atomic mass is 10.2. The zero-order valence-electron chi connectivity index (χ0n) is 14.3. The fourth-order valence-electron chi connectivity index (χ4n) is 2.35. The second-order valence-corrected chi connectivity index (χ2v) is 6.00. The van der Waals surface area contributed by atoms with E-state index in [4.69, 9.17) is 11.6 Å². The van der Waals surface area contributed by atoms with Crippen LogP contribution in [-0.2, 0) is 6.18 Å². The predicted molar refractivity (Wildman–Crippen MR) is 94.0 cm³/mol. The summed E-state index contributed by atoms with van der Waals surface area (Å²) in [6, 6.07) is 3.31. The highest BCUT2D eigenvalue weighted by molar-refractivity contribution is 6.31. The van der Waals surface area contributed by atoms with Gasteiger partial charge in [-0.05, 0) is 31.2 Å². The van der Waals surface area contributed by atoms with E-state index in [0.29, 0.717) is 5.82 Å². The Hall–Kier alpha value is -3.21. The highest BCUT2D eigenvalue weighted by atomic mass is 35.5. The lowest BCUT2D eigenvalue weighted by Crippen LogP contribution is -2.32. The summed E-state index contributed by atoms with van der Waals surface area (Å²) < 4.78 is 39.6. The van der Waals surface area contributed by atoms with Gasteiger partial charge in [0, 0.05) is 18.1 Å². The van der Waals surface area contributed by atoms with Gasteiger partial charge in [0.2, 0.25) is 0 Å². The second-order valence-electron chi connectivity index (χ2n) is 5.59. The molecule has 12 heteroatoms. The molecule has 0 fully saturated rings. The first-order chi connectivity index (χ1) is 13.3. The van der Waals surface area contributed by atoms with Gasteiger partial charge in [-0.1, -0.05) is 11.6 Å². The molecule has 0 spiro atoms. The molecule has 2 amide bonds. The van der Waals surface area contributed by atoms with Crippen molar-refractivity contribution in [3.63, 3.8) is 0 Å². The number of anilines is 1. The predicted octanol–water partition coefficient (Wildman–Crippen LogP) is 3.61. The van der Waals surface area contributed by atoms with Crippen LogP contribution in [0.25, 0.3) is 5.95 Å². The number of amides is 2. The number of halogens is 4. The number of benzene rings is 1. The normalized spacial score (nSPS) is 12.5. The van der Waals surface area contributed by atoms with E-state index < -0.39 is 28.8 Å². The van der Waals surface area contributed by atoms with Crippen LogP contribution in [-0.4, -0.2) is 30.8 Å². The molecule has 1 unspecified atom stereocenters. The van der Waals surface area contributed by atoms with E-state index in [1.54, 1.807) is 13.0 Å². The van der Waals surface area contributed by atoms with Crippen LogP contribution in [0.5, 0.6) is 0 Å². The van der Waals surface area contributed by atoms with Gasteiger partial charge in [-0.3, -0.25) is 0 Å². The number of nitrogens with one attached hydrogen (secondary N) is 2. The Balaban J connectivity index is 1.69. The van der Waals surface area contributed by atoms with E-state index in [9.17, 15) is 18.0 Å². The summed E-state index contributed by atoms with van der Waals surface area (Å²) in [4.78, 5) is 24.4. The molecule has 2 N–H and O–H groups in total. The molecule has 3 rings (SSSR count). The molecule has 1 atom stereocenters. The molecule has 1 aromatic carbocycles. The third-order valence-corrected chi connectivity index (χ3v) is 3.90. The maximum Gasteiger partial charge on any atom is 0.417 e. The number of nitrogens with zero attached hydrogens (tertiary/aromatic N) is 5. The summed E-state index contributed by atoms with van der Waals surface area (Å²) in [6.07, 6.45) is -0.215. The van der Waals surface area contributed by atoms with E-state index in [1.807, 2.05) is 0 Å². The maximum absolute atomic E-state index is 12.7. The Kier molecular flexibility index (Phi) is 5.45. The van der Waals surface area contributed by atoms with Crippen LogP contribution in [0.3, 0.4) is 0 Å². The number of hydrogen-bond donors (Lipinski definition) is 2. The summed E-state index contributed by atoms with van der Waals surface area (Å²) in [7, 11) is 0. The Bertz CT molecular complexity index is 978. The molecule has 8 nitrogen and oxygen atoms in total. The van der Waals surface area contributed by atoms with Crippen molar-refractivity contribution in [3.05, 3.63) is 59.4 Å². The lowest BCUT2D eigenvalue weighted by Gasteiger charge is -2.15. The smallest absolute Gasteiger partial charge is 0.328 e. The van der Waals surface area contributed by atoms with Crippen molar-refractivity contribution >= 4 is 23.3 Å². The topological polar surface area (TPSA) is 97.6 Å². The van der Waals surface area contributed by atoms with Crippen LogP contribution in [0.2, 0.25) is 5.02 Å². The molecule has 3 aromatic rings. The monoisotopic (exact) mass is 411 g/mol. The highest BCUT2D eigenvalue weighted by Crippen LogP contribution is 2.35. The number of hydrogen-bond acceptors (Lipinski definition) is 5. The first-order valence-corrected chi connectivity index (χ1v) is 8.25. The van der Waals surface area contributed by atoms with E-state index in [-0.39, 0.29) is 11.6 Å². The van der Waals surface area contributed by atoms with E-state index >= 15 is 0 Å². The molecular weight excluding hydrogens is 399 g/mol. The van der Waals surface area contributed by atoms with E-state index in [2.05, 4.69) is 30.7 Å². The van der Waals surface area contributed by atoms with Crippen molar-refractivity contribution in [2.24, 2.45) is 0 Å². The standard InChI is InChI=1S/C16H13ClF3N7O/c1-9(13-23-8-24-27(13)14-21-5-2-6-22-14)25-15(28)26-10-3-4-11(12(17)7-10)16(18,19)20/h2-9H,1H3,(H2,25,26,28). The number of aromatic nitrogens is 5. The number of carbonyl (C=O) groups excluding carboxylic acids is 1. The molecule has 0 aliphatic heterocycles. The Morgan fingerprint density at radius 3 is 2.57 bits per heavy atom. The van der Waals surface area contributed by atoms with Crippen LogP contribution in [0.1, 0.15) is 24.4 Å².